The molecular formula is C30H24F3N3O5. The number of nitro groups is 1. The molecule has 0 radical (unpaired) electrons. The minimum absolute atomic E-state index is 0.0294. The van der Waals surface area contributed by atoms with Crippen LogP contribution in [0, 0.1) is 10.1 Å². The summed E-state index contributed by atoms with van der Waals surface area (Å²) >= 11 is 0. The smallest absolute Gasteiger partial charge is 0.416 e. The predicted octanol–water partition coefficient (Wildman–Crippen LogP) is 7.16. The fourth-order valence-electron chi connectivity index (χ4n) is 4.44. The van der Waals surface area contributed by atoms with E-state index < -0.39 is 22.6 Å². The molecule has 0 bridgehead atoms. The Bertz CT molecular complexity index is 1550. The maximum atomic E-state index is 13.5. The molecule has 1 aliphatic rings. The second kappa shape index (κ2) is 11.7. The molecule has 0 spiro atoms. The van der Waals surface area contributed by atoms with Gasteiger partial charge in [-0.1, -0.05) is 42.5 Å². The van der Waals surface area contributed by atoms with Gasteiger partial charge in [0.15, 0.2) is 5.75 Å². The minimum Gasteiger partial charge on any atom is -0.455 e. The molecule has 4 aromatic rings. The Kier molecular flexibility index (Phi) is 7.88. The molecule has 0 unspecified atom stereocenters. The van der Waals surface area contributed by atoms with Crippen molar-refractivity contribution in [3.8, 4) is 22.6 Å². The number of nitrogens with zero attached hydrogens (tertiary/aromatic N) is 2. The summed E-state index contributed by atoms with van der Waals surface area (Å²) in [4.78, 5) is 26.1. The second-order valence-electron chi connectivity index (χ2n) is 9.22. The third-order valence-corrected chi connectivity index (χ3v) is 6.53. The second-order valence-corrected chi connectivity index (χ2v) is 9.22. The van der Waals surface area contributed by atoms with E-state index in [0.717, 1.165) is 35.4 Å². The number of ether oxygens (including phenoxy) is 2. The highest BCUT2D eigenvalue weighted by Gasteiger charge is 2.32. The van der Waals surface area contributed by atoms with Gasteiger partial charge in [-0.05, 0) is 53.6 Å². The molecule has 0 atom stereocenters. The van der Waals surface area contributed by atoms with Crippen LogP contribution in [-0.4, -0.2) is 37.1 Å². The SMILES string of the molecule is O=C(Nc1cc(C(F)(F)F)ccc1Oc1ccc(-c2ccccc2)cc1)c1ccc(N2CCOCC2)c([N+](=O)[O-])c1. The molecule has 0 aromatic heterocycles. The minimum atomic E-state index is -4.67. The van der Waals surface area contributed by atoms with Gasteiger partial charge in [0.25, 0.3) is 11.6 Å². The zero-order chi connectivity index (χ0) is 29.0. The standard InChI is InChI=1S/C30H24F3N3O5/c31-30(32,33)23-9-13-28(41-24-10-6-21(7-11-24)20-4-2-1-3-5-20)25(19-23)34-29(37)22-8-12-26(27(18-22)36(38)39)35-14-16-40-17-15-35/h1-13,18-19H,14-17H2,(H,34,37). The van der Waals surface area contributed by atoms with Gasteiger partial charge in [0.2, 0.25) is 0 Å². The number of rotatable bonds is 7. The number of halogens is 3. The maximum Gasteiger partial charge on any atom is 0.416 e. The first-order valence-electron chi connectivity index (χ1n) is 12.7. The monoisotopic (exact) mass is 563 g/mol. The number of hydrogen-bond donors (Lipinski definition) is 1. The third-order valence-electron chi connectivity index (χ3n) is 6.53. The summed E-state index contributed by atoms with van der Waals surface area (Å²) in [5, 5.41) is 14.2. The molecule has 4 aromatic carbocycles. The van der Waals surface area contributed by atoms with Crippen molar-refractivity contribution in [1.29, 1.82) is 0 Å². The zero-order valence-corrected chi connectivity index (χ0v) is 21.6. The van der Waals surface area contributed by atoms with Gasteiger partial charge in [-0.2, -0.15) is 13.2 Å². The number of benzene rings is 4. The molecular weight excluding hydrogens is 539 g/mol. The normalized spacial score (nSPS) is 13.5. The Morgan fingerprint density at radius 2 is 1.59 bits per heavy atom. The maximum absolute atomic E-state index is 13.5. The van der Waals surface area contributed by atoms with Crippen LogP contribution in [0.2, 0.25) is 0 Å². The fraction of sp³-hybridized carbons (Fsp3) is 0.167. The lowest BCUT2D eigenvalue weighted by molar-refractivity contribution is -0.384. The summed E-state index contributed by atoms with van der Waals surface area (Å²) in [5.74, 6) is -0.520. The van der Waals surface area contributed by atoms with E-state index in [-0.39, 0.29) is 22.7 Å². The van der Waals surface area contributed by atoms with Gasteiger partial charge in [0, 0.05) is 24.7 Å². The van der Waals surface area contributed by atoms with E-state index in [0.29, 0.717) is 37.7 Å². The van der Waals surface area contributed by atoms with Crippen molar-refractivity contribution in [3.05, 3.63) is 112 Å². The molecule has 210 valence electrons. The molecule has 5 rings (SSSR count). The molecule has 11 heteroatoms. The van der Waals surface area contributed by atoms with E-state index >= 15 is 0 Å². The molecule has 1 saturated heterocycles. The Hall–Kier alpha value is -4.90. The number of hydrogen-bond acceptors (Lipinski definition) is 6. The number of nitrogens with one attached hydrogen (secondary N) is 1. The Balaban J connectivity index is 1.42. The highest BCUT2D eigenvalue weighted by Crippen LogP contribution is 2.38. The van der Waals surface area contributed by atoms with Crippen LogP contribution in [0.1, 0.15) is 15.9 Å². The van der Waals surface area contributed by atoms with Gasteiger partial charge in [0.05, 0.1) is 29.4 Å². The van der Waals surface area contributed by atoms with Crippen LogP contribution in [0.25, 0.3) is 11.1 Å². The van der Waals surface area contributed by atoms with Crippen LogP contribution >= 0.6 is 0 Å². The molecule has 1 heterocycles. The highest BCUT2D eigenvalue weighted by atomic mass is 19.4. The van der Waals surface area contributed by atoms with E-state index in [1.807, 2.05) is 42.5 Å². The van der Waals surface area contributed by atoms with Crippen molar-refractivity contribution in [3.63, 3.8) is 0 Å². The van der Waals surface area contributed by atoms with Crippen LogP contribution in [0.5, 0.6) is 11.5 Å². The highest BCUT2D eigenvalue weighted by molar-refractivity contribution is 6.06. The summed E-state index contributed by atoms with van der Waals surface area (Å²) in [6, 6.07) is 23.2. The van der Waals surface area contributed by atoms with E-state index in [1.165, 1.54) is 12.1 Å². The van der Waals surface area contributed by atoms with Gasteiger partial charge >= 0.3 is 6.18 Å². The molecule has 1 fully saturated rings. The molecule has 8 nitrogen and oxygen atoms in total. The van der Waals surface area contributed by atoms with E-state index in [2.05, 4.69) is 5.32 Å². The zero-order valence-electron chi connectivity index (χ0n) is 21.6. The lowest BCUT2D eigenvalue weighted by Gasteiger charge is -2.28. The lowest BCUT2D eigenvalue weighted by Crippen LogP contribution is -2.36. The summed E-state index contributed by atoms with van der Waals surface area (Å²) in [5.41, 5.74) is 0.612. The molecule has 0 aliphatic carbocycles. The van der Waals surface area contributed by atoms with Crippen molar-refractivity contribution in [2.75, 3.05) is 36.5 Å². The van der Waals surface area contributed by atoms with Crippen molar-refractivity contribution < 1.29 is 32.4 Å². The molecule has 0 saturated carbocycles. The van der Waals surface area contributed by atoms with Crippen LogP contribution in [0.3, 0.4) is 0 Å². The lowest BCUT2D eigenvalue weighted by atomic mass is 10.1. The summed E-state index contributed by atoms with van der Waals surface area (Å²) < 4.78 is 51.7. The van der Waals surface area contributed by atoms with Crippen molar-refractivity contribution in [2.24, 2.45) is 0 Å². The molecule has 41 heavy (non-hydrogen) atoms. The third kappa shape index (κ3) is 6.47. The summed E-state index contributed by atoms with van der Waals surface area (Å²) in [6.45, 7) is 1.71. The average Bonchev–Trinajstić information content (AvgIpc) is 2.98. The molecule has 1 N–H and O–H groups in total. The van der Waals surface area contributed by atoms with Gasteiger partial charge in [-0.25, -0.2) is 0 Å². The summed E-state index contributed by atoms with van der Waals surface area (Å²) in [7, 11) is 0. The Labute approximate surface area is 233 Å². The first-order chi connectivity index (χ1) is 19.7. The Morgan fingerprint density at radius 1 is 0.902 bits per heavy atom. The average molecular weight is 564 g/mol. The van der Waals surface area contributed by atoms with Crippen molar-refractivity contribution in [1.82, 2.24) is 0 Å². The Morgan fingerprint density at radius 3 is 2.24 bits per heavy atom. The fourth-order valence-corrected chi connectivity index (χ4v) is 4.44. The van der Waals surface area contributed by atoms with Crippen LogP contribution in [-0.2, 0) is 10.9 Å². The topological polar surface area (TPSA) is 93.9 Å². The largest absolute Gasteiger partial charge is 0.455 e. The molecule has 1 aliphatic heterocycles. The quantitative estimate of drug-likeness (QED) is 0.189. The number of carbonyl (C=O) groups excluding carboxylic acids is 1. The van der Waals surface area contributed by atoms with E-state index in [4.69, 9.17) is 9.47 Å². The van der Waals surface area contributed by atoms with E-state index in [1.54, 1.807) is 17.0 Å². The predicted molar refractivity (Wildman–Crippen MR) is 147 cm³/mol. The van der Waals surface area contributed by atoms with Gasteiger partial charge < -0.3 is 19.7 Å². The molecule has 1 amide bonds. The van der Waals surface area contributed by atoms with Gasteiger partial charge in [-0.15, -0.1) is 0 Å². The number of amides is 1. The van der Waals surface area contributed by atoms with Crippen molar-refractivity contribution in [2.45, 2.75) is 6.18 Å². The van der Waals surface area contributed by atoms with Crippen molar-refractivity contribution >= 4 is 23.0 Å². The van der Waals surface area contributed by atoms with Gasteiger partial charge in [0.1, 0.15) is 11.4 Å². The number of nitro benzene ring substituents is 1. The summed E-state index contributed by atoms with van der Waals surface area (Å²) in [6.07, 6.45) is -4.67. The van der Waals surface area contributed by atoms with Crippen LogP contribution in [0.15, 0.2) is 91.0 Å². The first-order valence-corrected chi connectivity index (χ1v) is 12.7. The van der Waals surface area contributed by atoms with Gasteiger partial charge in [-0.3, -0.25) is 14.9 Å². The van der Waals surface area contributed by atoms with Crippen LogP contribution < -0.4 is 15.0 Å². The first kappa shape index (κ1) is 27.7. The number of alkyl halides is 3. The number of carbonyl (C=O) groups is 1. The number of anilines is 2. The number of morpholine rings is 1. The van der Waals surface area contributed by atoms with E-state index in [9.17, 15) is 28.1 Å². The van der Waals surface area contributed by atoms with Crippen LogP contribution in [0.4, 0.5) is 30.2 Å².